The summed E-state index contributed by atoms with van der Waals surface area (Å²) < 4.78 is 63.6. The summed E-state index contributed by atoms with van der Waals surface area (Å²) >= 11 is 0.625. The molecule has 4 rings (SSSR count). The number of carbonyl (C=O) groups excluding carboxylic acids is 3. The van der Waals surface area contributed by atoms with Gasteiger partial charge in [0.1, 0.15) is 19.0 Å². The summed E-state index contributed by atoms with van der Waals surface area (Å²) in [6, 6.07) is 14.8. The molecule has 3 aromatic rings. The molecule has 1 aliphatic heterocycles. The van der Waals surface area contributed by atoms with Crippen molar-refractivity contribution < 1.29 is 41.4 Å². The van der Waals surface area contributed by atoms with E-state index in [0.29, 0.717) is 45.9 Å². The zero-order chi connectivity index (χ0) is 28.9. The van der Waals surface area contributed by atoms with E-state index in [1.807, 2.05) is 0 Å². The molecule has 3 aromatic carbocycles. The third-order valence-electron chi connectivity index (χ3n) is 5.50. The van der Waals surface area contributed by atoms with Crippen LogP contribution in [0.5, 0.6) is 11.5 Å². The number of alkyl halides is 3. The Hall–Kier alpha value is -4.32. The number of benzene rings is 3. The van der Waals surface area contributed by atoms with E-state index in [4.69, 9.17) is 9.47 Å². The number of ether oxygens (including phenoxy) is 2. The van der Waals surface area contributed by atoms with Gasteiger partial charge in [-0.25, -0.2) is 4.39 Å². The van der Waals surface area contributed by atoms with E-state index in [9.17, 15) is 31.9 Å². The number of hydrogen-bond donors (Lipinski definition) is 1. The number of halogens is 4. The van der Waals surface area contributed by atoms with Crippen LogP contribution in [-0.4, -0.2) is 35.1 Å². The maximum atomic E-state index is 13.4. The van der Waals surface area contributed by atoms with Crippen molar-refractivity contribution in [2.45, 2.75) is 19.7 Å². The molecule has 1 heterocycles. The number of rotatable bonds is 9. The molecule has 1 fully saturated rings. The molecule has 40 heavy (non-hydrogen) atoms. The fourth-order valence-corrected chi connectivity index (χ4v) is 4.53. The molecule has 0 radical (unpaired) electrons. The van der Waals surface area contributed by atoms with Crippen LogP contribution in [-0.2, 0) is 22.4 Å². The van der Waals surface area contributed by atoms with Gasteiger partial charge >= 0.3 is 6.18 Å². The molecule has 12 heteroatoms. The van der Waals surface area contributed by atoms with E-state index in [1.165, 1.54) is 24.3 Å². The molecular formula is C28H22F4N2O5S. The normalized spacial score (nSPS) is 14.5. The van der Waals surface area contributed by atoms with Crippen LogP contribution in [0.1, 0.15) is 23.6 Å². The van der Waals surface area contributed by atoms with Gasteiger partial charge in [0.2, 0.25) is 5.91 Å². The average molecular weight is 575 g/mol. The minimum atomic E-state index is -4.59. The highest BCUT2D eigenvalue weighted by atomic mass is 32.2. The number of anilines is 1. The molecule has 7 nitrogen and oxygen atoms in total. The van der Waals surface area contributed by atoms with E-state index in [-0.39, 0.29) is 23.0 Å². The molecule has 1 aliphatic rings. The third-order valence-corrected chi connectivity index (χ3v) is 6.41. The fraction of sp³-hybridized carbons (Fsp3) is 0.179. The van der Waals surface area contributed by atoms with Gasteiger partial charge in [0, 0.05) is 5.69 Å². The van der Waals surface area contributed by atoms with E-state index >= 15 is 0 Å². The minimum Gasteiger partial charge on any atom is -0.490 e. The minimum absolute atomic E-state index is 0.0488. The largest absolute Gasteiger partial charge is 0.490 e. The first-order valence-electron chi connectivity index (χ1n) is 11.9. The summed E-state index contributed by atoms with van der Waals surface area (Å²) in [5, 5.41) is 1.58. The highest BCUT2D eigenvalue weighted by molar-refractivity contribution is 8.18. The highest BCUT2D eigenvalue weighted by Gasteiger charge is 2.36. The van der Waals surface area contributed by atoms with Crippen LogP contribution < -0.4 is 14.8 Å². The summed E-state index contributed by atoms with van der Waals surface area (Å²) in [6.45, 7) is 1.52. The standard InChI is InChI=1S/C28H22F4N2O5S/c1-2-38-23-12-17(9-10-22(23)39-16-18-5-3-7-20(29)11-18)13-24-26(36)34(27(37)40-24)15-25(35)33-21-8-4-6-19(14-21)28(30,31)32/h3-14H,2,15-16H2,1H3,(H,33,35)/b24-13-. The maximum Gasteiger partial charge on any atom is 0.416 e. The molecule has 0 aliphatic carbocycles. The molecule has 3 amide bonds. The first kappa shape index (κ1) is 28.7. The Morgan fingerprint density at radius 3 is 2.50 bits per heavy atom. The van der Waals surface area contributed by atoms with Gasteiger partial charge in [-0.3, -0.25) is 19.3 Å². The van der Waals surface area contributed by atoms with Gasteiger partial charge < -0.3 is 14.8 Å². The van der Waals surface area contributed by atoms with Gasteiger partial charge in [0.05, 0.1) is 17.1 Å². The number of carbonyl (C=O) groups is 3. The monoisotopic (exact) mass is 574 g/mol. The number of nitrogens with zero attached hydrogens (tertiary/aromatic N) is 1. The second-order valence-electron chi connectivity index (χ2n) is 8.45. The molecule has 0 aromatic heterocycles. The van der Waals surface area contributed by atoms with Crippen molar-refractivity contribution in [3.05, 3.63) is 94.1 Å². The quantitative estimate of drug-likeness (QED) is 0.232. The van der Waals surface area contributed by atoms with E-state index in [1.54, 1.807) is 37.3 Å². The lowest BCUT2D eigenvalue weighted by molar-refractivity contribution is -0.137. The van der Waals surface area contributed by atoms with Crippen molar-refractivity contribution in [3.8, 4) is 11.5 Å². The average Bonchev–Trinajstić information content (AvgIpc) is 3.15. The molecule has 0 bridgehead atoms. The van der Waals surface area contributed by atoms with Crippen LogP contribution in [0.3, 0.4) is 0 Å². The predicted molar refractivity (Wildman–Crippen MR) is 141 cm³/mol. The molecule has 0 spiro atoms. The SMILES string of the molecule is CCOc1cc(/C=C2\SC(=O)N(CC(=O)Nc3cccc(C(F)(F)F)c3)C2=O)ccc1OCc1cccc(F)c1. The summed E-state index contributed by atoms with van der Waals surface area (Å²) in [5.41, 5.74) is 0.0690. The lowest BCUT2D eigenvalue weighted by atomic mass is 10.1. The lowest BCUT2D eigenvalue weighted by Crippen LogP contribution is -2.36. The molecular weight excluding hydrogens is 552 g/mol. The van der Waals surface area contributed by atoms with Gasteiger partial charge in [-0.05, 0) is 78.4 Å². The van der Waals surface area contributed by atoms with Crippen LogP contribution in [0.25, 0.3) is 6.08 Å². The van der Waals surface area contributed by atoms with E-state index in [0.717, 1.165) is 18.2 Å². The Kier molecular flexibility index (Phi) is 8.78. The zero-order valence-corrected chi connectivity index (χ0v) is 21.8. The second-order valence-corrected chi connectivity index (χ2v) is 9.45. The number of amides is 3. The Balaban J connectivity index is 1.44. The van der Waals surface area contributed by atoms with Crippen molar-refractivity contribution in [3.63, 3.8) is 0 Å². The van der Waals surface area contributed by atoms with Crippen LogP contribution in [0, 0.1) is 5.82 Å². The Morgan fingerprint density at radius 2 is 1.77 bits per heavy atom. The molecule has 1 saturated heterocycles. The summed E-state index contributed by atoms with van der Waals surface area (Å²) in [5.74, 6) is -1.18. The Morgan fingerprint density at radius 1 is 1.00 bits per heavy atom. The number of hydrogen-bond acceptors (Lipinski definition) is 6. The smallest absolute Gasteiger partial charge is 0.416 e. The summed E-state index contributed by atoms with van der Waals surface area (Å²) in [7, 11) is 0. The van der Waals surface area contributed by atoms with Gasteiger partial charge in [-0.1, -0.05) is 24.3 Å². The summed E-state index contributed by atoms with van der Waals surface area (Å²) in [6.07, 6.45) is -3.14. The van der Waals surface area contributed by atoms with Crippen LogP contribution in [0.15, 0.2) is 71.6 Å². The van der Waals surface area contributed by atoms with Crippen molar-refractivity contribution in [2.75, 3.05) is 18.5 Å². The van der Waals surface area contributed by atoms with Crippen molar-refractivity contribution in [1.29, 1.82) is 0 Å². The second kappa shape index (κ2) is 12.2. The topological polar surface area (TPSA) is 84.9 Å². The van der Waals surface area contributed by atoms with Gasteiger partial charge in [-0.2, -0.15) is 13.2 Å². The summed E-state index contributed by atoms with van der Waals surface area (Å²) in [4.78, 5) is 38.5. The lowest BCUT2D eigenvalue weighted by Gasteiger charge is -2.14. The van der Waals surface area contributed by atoms with E-state index < -0.39 is 35.3 Å². The molecule has 0 saturated carbocycles. The van der Waals surface area contributed by atoms with Crippen LogP contribution >= 0.6 is 11.8 Å². The molecule has 1 N–H and O–H groups in total. The maximum absolute atomic E-state index is 13.4. The molecule has 0 atom stereocenters. The number of nitrogens with one attached hydrogen (secondary N) is 1. The van der Waals surface area contributed by atoms with Gasteiger partial charge in [0.15, 0.2) is 11.5 Å². The molecule has 0 unspecified atom stereocenters. The van der Waals surface area contributed by atoms with Crippen molar-refractivity contribution in [2.24, 2.45) is 0 Å². The van der Waals surface area contributed by atoms with Gasteiger partial charge in [-0.15, -0.1) is 0 Å². The van der Waals surface area contributed by atoms with Crippen LogP contribution in [0.4, 0.5) is 28.0 Å². The Labute approximate surface area is 230 Å². The first-order valence-corrected chi connectivity index (χ1v) is 12.7. The fourth-order valence-electron chi connectivity index (χ4n) is 3.69. The van der Waals surface area contributed by atoms with Gasteiger partial charge in [0.25, 0.3) is 11.1 Å². The predicted octanol–water partition coefficient (Wildman–Crippen LogP) is 6.50. The van der Waals surface area contributed by atoms with E-state index in [2.05, 4.69) is 5.32 Å². The van der Waals surface area contributed by atoms with Crippen molar-refractivity contribution in [1.82, 2.24) is 4.90 Å². The number of thioether (sulfide) groups is 1. The van der Waals surface area contributed by atoms with Crippen molar-refractivity contribution >= 4 is 40.6 Å². The molecule has 208 valence electrons. The first-order chi connectivity index (χ1) is 19.0. The van der Waals surface area contributed by atoms with Crippen LogP contribution in [0.2, 0.25) is 0 Å². The Bertz CT molecular complexity index is 1480. The zero-order valence-electron chi connectivity index (χ0n) is 21.0. The highest BCUT2D eigenvalue weighted by Crippen LogP contribution is 2.35. The third kappa shape index (κ3) is 7.20. The number of imide groups is 1.